The standard InChI is InChI=1S/C20H15Cl2N5O2S/c1-11-2-4-12(5-3-11)16-10-30-20-25-19(26-27(16)20)24-17(28)9-23-18(29)14-7-6-13(21)8-15(14)22/h2-8,10H,9H2,1H3,(H,23,29)(H,24,26,28). The Balaban J connectivity index is 1.42. The van der Waals surface area contributed by atoms with Crippen LogP contribution < -0.4 is 10.6 Å². The lowest BCUT2D eigenvalue weighted by Gasteiger charge is -2.06. The van der Waals surface area contributed by atoms with E-state index >= 15 is 0 Å². The molecule has 152 valence electrons. The van der Waals surface area contributed by atoms with Gasteiger partial charge in [0, 0.05) is 16.0 Å². The average molecular weight is 460 g/mol. The molecule has 0 aliphatic heterocycles. The average Bonchev–Trinajstić information content (AvgIpc) is 3.27. The van der Waals surface area contributed by atoms with Crippen molar-refractivity contribution in [2.45, 2.75) is 6.92 Å². The minimum Gasteiger partial charge on any atom is -0.343 e. The van der Waals surface area contributed by atoms with Crippen LogP contribution in [0.5, 0.6) is 0 Å². The summed E-state index contributed by atoms with van der Waals surface area (Å²) in [6.07, 6.45) is 0. The van der Waals surface area contributed by atoms with Gasteiger partial charge in [0.1, 0.15) is 0 Å². The van der Waals surface area contributed by atoms with E-state index in [-0.39, 0.29) is 23.1 Å². The number of rotatable bonds is 5. The highest BCUT2D eigenvalue weighted by molar-refractivity contribution is 7.15. The fourth-order valence-electron chi connectivity index (χ4n) is 2.76. The van der Waals surface area contributed by atoms with Crippen LogP contribution in [-0.4, -0.2) is 33.0 Å². The van der Waals surface area contributed by atoms with Crippen LogP contribution >= 0.6 is 34.5 Å². The van der Waals surface area contributed by atoms with Crippen molar-refractivity contribution in [1.29, 1.82) is 0 Å². The van der Waals surface area contributed by atoms with Crippen molar-refractivity contribution < 1.29 is 9.59 Å². The SMILES string of the molecule is Cc1ccc(-c2csc3nc(NC(=O)CNC(=O)c4ccc(Cl)cc4Cl)nn23)cc1. The van der Waals surface area contributed by atoms with Crippen LogP contribution in [0, 0.1) is 6.92 Å². The van der Waals surface area contributed by atoms with Crippen LogP contribution in [0.2, 0.25) is 10.0 Å². The van der Waals surface area contributed by atoms with Gasteiger partial charge in [0.15, 0.2) is 0 Å². The molecule has 2 amide bonds. The summed E-state index contributed by atoms with van der Waals surface area (Å²) in [6.45, 7) is 1.77. The van der Waals surface area contributed by atoms with Gasteiger partial charge in [-0.15, -0.1) is 16.4 Å². The number of hydrogen-bond acceptors (Lipinski definition) is 5. The summed E-state index contributed by atoms with van der Waals surface area (Å²) in [6, 6.07) is 12.6. The second-order valence-corrected chi connectivity index (χ2v) is 8.15. The summed E-state index contributed by atoms with van der Waals surface area (Å²) in [4.78, 5) is 29.4. The first-order valence-corrected chi connectivity index (χ1v) is 10.5. The van der Waals surface area contributed by atoms with Crippen molar-refractivity contribution in [1.82, 2.24) is 19.9 Å². The monoisotopic (exact) mass is 459 g/mol. The maximum atomic E-state index is 12.2. The second-order valence-electron chi connectivity index (χ2n) is 6.47. The second kappa shape index (κ2) is 8.43. The lowest BCUT2D eigenvalue weighted by Crippen LogP contribution is -2.33. The third-order valence-electron chi connectivity index (χ3n) is 4.27. The Hall–Kier alpha value is -2.94. The number of hydrogen-bond donors (Lipinski definition) is 2. The van der Waals surface area contributed by atoms with Gasteiger partial charge in [-0.25, -0.2) is 4.52 Å². The molecule has 0 aliphatic carbocycles. The van der Waals surface area contributed by atoms with Gasteiger partial charge in [0.05, 0.1) is 22.8 Å². The fourth-order valence-corrected chi connectivity index (χ4v) is 4.08. The van der Waals surface area contributed by atoms with Gasteiger partial charge in [-0.3, -0.25) is 14.9 Å². The molecular formula is C20H15Cl2N5O2S. The topological polar surface area (TPSA) is 88.4 Å². The molecule has 10 heteroatoms. The predicted molar refractivity (Wildman–Crippen MR) is 118 cm³/mol. The molecule has 2 aromatic carbocycles. The van der Waals surface area contributed by atoms with E-state index in [1.165, 1.54) is 29.0 Å². The number of benzene rings is 2. The van der Waals surface area contributed by atoms with Crippen molar-refractivity contribution in [3.63, 3.8) is 0 Å². The quantitative estimate of drug-likeness (QED) is 0.461. The normalized spacial score (nSPS) is 10.9. The molecule has 0 aliphatic rings. The Kier molecular flexibility index (Phi) is 5.72. The molecule has 0 saturated heterocycles. The van der Waals surface area contributed by atoms with Crippen molar-refractivity contribution in [2.24, 2.45) is 0 Å². The molecule has 0 bridgehead atoms. The summed E-state index contributed by atoms with van der Waals surface area (Å²) in [7, 11) is 0. The first-order chi connectivity index (χ1) is 14.4. The van der Waals surface area contributed by atoms with Gasteiger partial charge in [-0.1, -0.05) is 53.0 Å². The first-order valence-electron chi connectivity index (χ1n) is 8.85. The molecule has 0 atom stereocenters. The Bertz CT molecular complexity index is 1250. The maximum absolute atomic E-state index is 12.2. The number of amides is 2. The molecule has 0 unspecified atom stereocenters. The Morgan fingerprint density at radius 2 is 1.90 bits per heavy atom. The number of thiazole rings is 1. The zero-order valence-electron chi connectivity index (χ0n) is 15.6. The summed E-state index contributed by atoms with van der Waals surface area (Å²) >= 11 is 13.3. The van der Waals surface area contributed by atoms with Crippen molar-refractivity contribution in [2.75, 3.05) is 11.9 Å². The Labute approximate surface area is 185 Å². The van der Waals surface area contributed by atoms with Gasteiger partial charge < -0.3 is 5.32 Å². The van der Waals surface area contributed by atoms with E-state index in [0.717, 1.165) is 11.3 Å². The van der Waals surface area contributed by atoms with Gasteiger partial charge in [0.25, 0.3) is 11.9 Å². The summed E-state index contributed by atoms with van der Waals surface area (Å²) in [5.41, 5.74) is 3.28. The van der Waals surface area contributed by atoms with Crippen LogP contribution in [0.3, 0.4) is 0 Å². The van der Waals surface area contributed by atoms with E-state index in [1.807, 2.05) is 36.6 Å². The number of carbonyl (C=O) groups excluding carboxylic acids is 2. The van der Waals surface area contributed by atoms with Crippen LogP contribution in [0.4, 0.5) is 5.95 Å². The highest BCUT2D eigenvalue weighted by Gasteiger charge is 2.15. The van der Waals surface area contributed by atoms with Gasteiger partial charge in [-0.2, -0.15) is 4.98 Å². The molecule has 2 N–H and O–H groups in total. The van der Waals surface area contributed by atoms with Gasteiger partial charge in [-0.05, 0) is 25.1 Å². The predicted octanol–water partition coefficient (Wildman–Crippen LogP) is 4.44. The highest BCUT2D eigenvalue weighted by atomic mass is 35.5. The number of anilines is 1. The number of halogens is 2. The third-order valence-corrected chi connectivity index (χ3v) is 5.63. The smallest absolute Gasteiger partial charge is 0.253 e. The molecule has 2 aromatic heterocycles. The zero-order chi connectivity index (χ0) is 21.3. The summed E-state index contributed by atoms with van der Waals surface area (Å²) in [5.74, 6) is -0.769. The number of fused-ring (bicyclic) bond motifs is 1. The van der Waals surface area contributed by atoms with E-state index in [0.29, 0.717) is 9.98 Å². The van der Waals surface area contributed by atoms with E-state index in [9.17, 15) is 9.59 Å². The minimum absolute atomic E-state index is 0.166. The highest BCUT2D eigenvalue weighted by Crippen LogP contribution is 2.26. The lowest BCUT2D eigenvalue weighted by atomic mass is 10.1. The third kappa shape index (κ3) is 4.30. The lowest BCUT2D eigenvalue weighted by molar-refractivity contribution is -0.115. The number of aromatic nitrogens is 3. The fraction of sp³-hybridized carbons (Fsp3) is 0.100. The Morgan fingerprint density at radius 1 is 1.13 bits per heavy atom. The molecule has 7 nitrogen and oxygen atoms in total. The maximum Gasteiger partial charge on any atom is 0.253 e. The molecule has 4 rings (SSSR count). The minimum atomic E-state index is -0.479. The van der Waals surface area contributed by atoms with Crippen LogP contribution in [0.15, 0.2) is 47.8 Å². The van der Waals surface area contributed by atoms with E-state index in [2.05, 4.69) is 20.7 Å². The van der Waals surface area contributed by atoms with E-state index in [4.69, 9.17) is 23.2 Å². The van der Waals surface area contributed by atoms with Crippen LogP contribution in [0.25, 0.3) is 16.2 Å². The van der Waals surface area contributed by atoms with Crippen LogP contribution in [0.1, 0.15) is 15.9 Å². The van der Waals surface area contributed by atoms with Crippen molar-refractivity contribution >= 4 is 57.3 Å². The molecule has 0 saturated carbocycles. The molecule has 4 aromatic rings. The zero-order valence-corrected chi connectivity index (χ0v) is 18.0. The summed E-state index contributed by atoms with van der Waals surface area (Å²) < 4.78 is 1.68. The molecule has 0 fully saturated rings. The number of aryl methyl sites for hydroxylation is 1. The molecule has 2 heterocycles. The molecule has 0 radical (unpaired) electrons. The largest absolute Gasteiger partial charge is 0.343 e. The van der Waals surface area contributed by atoms with E-state index in [1.54, 1.807) is 10.6 Å². The van der Waals surface area contributed by atoms with Gasteiger partial charge in [0.2, 0.25) is 10.9 Å². The van der Waals surface area contributed by atoms with Crippen LogP contribution in [-0.2, 0) is 4.79 Å². The van der Waals surface area contributed by atoms with Gasteiger partial charge >= 0.3 is 0 Å². The molecule has 30 heavy (non-hydrogen) atoms. The van der Waals surface area contributed by atoms with E-state index < -0.39 is 11.8 Å². The van der Waals surface area contributed by atoms with Crippen molar-refractivity contribution in [3.05, 3.63) is 69.0 Å². The number of nitrogens with one attached hydrogen (secondary N) is 2. The number of carbonyl (C=O) groups is 2. The Morgan fingerprint density at radius 3 is 2.63 bits per heavy atom. The molecule has 0 spiro atoms. The van der Waals surface area contributed by atoms with Crippen molar-refractivity contribution in [3.8, 4) is 11.3 Å². The summed E-state index contributed by atoms with van der Waals surface area (Å²) in [5, 5.41) is 12.0. The number of nitrogens with zero attached hydrogens (tertiary/aromatic N) is 3. The molecular weight excluding hydrogens is 445 g/mol. The first kappa shape index (κ1) is 20.3.